The van der Waals surface area contributed by atoms with Crippen LogP contribution in [0.1, 0.15) is 17.5 Å². The minimum atomic E-state index is 1.09. The topological polar surface area (TPSA) is 0 Å². The van der Waals surface area contributed by atoms with Crippen molar-refractivity contribution in [3.63, 3.8) is 0 Å². The predicted molar refractivity (Wildman–Crippen MR) is 62.8 cm³/mol. The van der Waals surface area contributed by atoms with Crippen LogP contribution >= 0.6 is 23.1 Å². The van der Waals surface area contributed by atoms with Gasteiger partial charge in [0.15, 0.2) is 0 Å². The minimum Gasteiger partial charge on any atom is -0.135 e. The molecule has 13 heavy (non-hydrogen) atoms. The highest BCUT2D eigenvalue weighted by atomic mass is 32.2. The lowest BCUT2D eigenvalue weighted by Crippen LogP contribution is -2.00. The average molecular weight is 204 g/mol. The van der Waals surface area contributed by atoms with E-state index in [9.17, 15) is 0 Å². The van der Waals surface area contributed by atoms with Gasteiger partial charge in [0.2, 0.25) is 0 Å². The highest BCUT2D eigenvalue weighted by Crippen LogP contribution is 2.19. The van der Waals surface area contributed by atoms with Crippen LogP contribution in [-0.2, 0) is 0 Å². The van der Waals surface area contributed by atoms with E-state index in [-0.39, 0.29) is 0 Å². The molecule has 0 unspecified atom stereocenters. The molecule has 0 bridgehead atoms. The van der Waals surface area contributed by atoms with Crippen molar-refractivity contribution in [2.24, 2.45) is 0 Å². The van der Waals surface area contributed by atoms with Crippen LogP contribution in [0.15, 0.2) is 11.5 Å². The molecule has 1 aromatic heterocycles. The zero-order chi connectivity index (χ0) is 8.67. The molecule has 0 spiro atoms. The van der Waals surface area contributed by atoms with Gasteiger partial charge in [0.1, 0.15) is 0 Å². The molecular weight excluding hydrogens is 196 g/mol. The van der Waals surface area contributed by atoms with Crippen molar-refractivity contribution in [3.05, 3.63) is 31.7 Å². The Hall–Kier alpha value is -0.730. The van der Waals surface area contributed by atoms with E-state index < -0.39 is 0 Å². The number of thioether (sulfide) groups is 1. The molecule has 2 heteroatoms. The molecule has 0 radical (unpaired) electrons. The van der Waals surface area contributed by atoms with Crippen LogP contribution in [0.4, 0.5) is 0 Å². The molecule has 0 saturated carbocycles. The van der Waals surface area contributed by atoms with E-state index in [1.165, 1.54) is 20.2 Å². The monoisotopic (exact) mass is 204 g/mol. The maximum atomic E-state index is 2.31. The average Bonchev–Trinajstić information content (AvgIpc) is 2.56. The van der Waals surface area contributed by atoms with Crippen LogP contribution in [0.2, 0.25) is 0 Å². The van der Waals surface area contributed by atoms with Crippen LogP contribution in [0, 0.1) is 0 Å². The minimum absolute atomic E-state index is 1.09. The third kappa shape index (κ3) is 1.13. The van der Waals surface area contributed by atoms with Crippen LogP contribution < -0.4 is 9.06 Å². The molecule has 1 aromatic rings. The molecule has 0 saturated heterocycles. The first kappa shape index (κ1) is 7.65. The molecule has 1 aliphatic carbocycles. The first-order valence-corrected chi connectivity index (χ1v) is 6.03. The van der Waals surface area contributed by atoms with E-state index in [0.29, 0.717) is 0 Å². The van der Waals surface area contributed by atoms with Gasteiger partial charge in [0.25, 0.3) is 0 Å². The molecule has 3 rings (SSSR count). The molecule has 64 valence electrons. The fourth-order valence-corrected chi connectivity index (χ4v) is 3.54. The SMILES string of the molecule is C1=Cc2c3c(sc2=CC1)=CSC=C3. The highest BCUT2D eigenvalue weighted by molar-refractivity contribution is 8.09. The fraction of sp³-hybridized carbons (Fsp3) is 0.0909. The fourth-order valence-electron chi connectivity index (χ4n) is 1.65. The van der Waals surface area contributed by atoms with Crippen molar-refractivity contribution in [2.45, 2.75) is 6.42 Å². The summed E-state index contributed by atoms with van der Waals surface area (Å²) < 4.78 is 2.86. The van der Waals surface area contributed by atoms with Gasteiger partial charge in [-0.1, -0.05) is 18.2 Å². The molecule has 0 aromatic carbocycles. The van der Waals surface area contributed by atoms with E-state index in [1.54, 1.807) is 11.8 Å². The van der Waals surface area contributed by atoms with Crippen molar-refractivity contribution in [1.82, 2.24) is 0 Å². The second-order valence-electron chi connectivity index (χ2n) is 3.06. The highest BCUT2D eigenvalue weighted by Gasteiger charge is 2.08. The van der Waals surface area contributed by atoms with Gasteiger partial charge in [0.05, 0.1) is 0 Å². The largest absolute Gasteiger partial charge is 0.135 e. The van der Waals surface area contributed by atoms with E-state index in [0.717, 1.165) is 6.42 Å². The maximum Gasteiger partial charge on any atom is 0.0421 e. The third-order valence-electron chi connectivity index (χ3n) is 2.25. The van der Waals surface area contributed by atoms with Crippen molar-refractivity contribution >= 4 is 46.7 Å². The van der Waals surface area contributed by atoms with Crippen molar-refractivity contribution in [2.75, 3.05) is 0 Å². The zero-order valence-electron chi connectivity index (χ0n) is 6.99. The van der Waals surface area contributed by atoms with Crippen molar-refractivity contribution in [3.8, 4) is 0 Å². The second kappa shape index (κ2) is 2.89. The van der Waals surface area contributed by atoms with Gasteiger partial charge < -0.3 is 0 Å². The Bertz CT molecular complexity index is 469. The van der Waals surface area contributed by atoms with Gasteiger partial charge in [0, 0.05) is 14.6 Å². The van der Waals surface area contributed by atoms with Gasteiger partial charge in [-0.15, -0.1) is 23.1 Å². The molecule has 0 fully saturated rings. The normalized spacial score (nSPS) is 17.2. The van der Waals surface area contributed by atoms with Crippen molar-refractivity contribution < 1.29 is 0 Å². The Balaban J connectivity index is 2.46. The first-order chi connectivity index (χ1) is 6.45. The summed E-state index contributed by atoms with van der Waals surface area (Å²) >= 11 is 3.67. The summed E-state index contributed by atoms with van der Waals surface area (Å²) in [4.78, 5) is 0. The van der Waals surface area contributed by atoms with E-state index in [1.807, 2.05) is 11.3 Å². The Kier molecular flexibility index (Phi) is 1.70. The second-order valence-corrected chi connectivity index (χ2v) is 4.92. The Morgan fingerprint density at radius 3 is 3.00 bits per heavy atom. The standard InChI is InChI=1S/C11H8S2/c1-2-4-10-8(3-1)9-5-6-12-7-11(9)13-10/h1,3-7H,2H2. The van der Waals surface area contributed by atoms with Gasteiger partial charge >= 0.3 is 0 Å². The van der Waals surface area contributed by atoms with E-state index in [2.05, 4.69) is 35.1 Å². The first-order valence-electron chi connectivity index (χ1n) is 4.27. The number of allylic oxidation sites excluding steroid dienone is 1. The van der Waals surface area contributed by atoms with Crippen LogP contribution in [-0.4, -0.2) is 0 Å². The predicted octanol–water partition coefficient (Wildman–Crippen LogP) is 2.40. The van der Waals surface area contributed by atoms with Crippen LogP contribution in [0.25, 0.3) is 23.6 Å². The Morgan fingerprint density at radius 1 is 1.08 bits per heavy atom. The lowest BCUT2D eigenvalue weighted by molar-refractivity contribution is 1.46. The Labute approximate surface area is 85.0 Å². The third-order valence-corrected chi connectivity index (χ3v) is 4.23. The summed E-state index contributed by atoms with van der Waals surface area (Å²) in [5.41, 5.74) is 2.82. The number of fused-ring (bicyclic) bond motifs is 3. The molecule has 0 N–H and O–H groups in total. The maximum absolute atomic E-state index is 2.31. The summed E-state index contributed by atoms with van der Waals surface area (Å²) in [5.74, 6) is 0. The van der Waals surface area contributed by atoms with Gasteiger partial charge in [-0.3, -0.25) is 0 Å². The smallest absolute Gasteiger partial charge is 0.0421 e. The summed E-state index contributed by atoms with van der Waals surface area (Å²) in [6.07, 6.45) is 10.1. The zero-order valence-corrected chi connectivity index (χ0v) is 8.62. The molecule has 2 heterocycles. The number of rotatable bonds is 0. The number of hydrogen-bond acceptors (Lipinski definition) is 2. The van der Waals surface area contributed by atoms with E-state index in [4.69, 9.17) is 0 Å². The van der Waals surface area contributed by atoms with Gasteiger partial charge in [-0.2, -0.15) is 0 Å². The van der Waals surface area contributed by atoms with Crippen LogP contribution in [0.5, 0.6) is 0 Å². The molecule has 1 aliphatic heterocycles. The summed E-state index contributed by atoms with van der Waals surface area (Å²) in [7, 11) is 0. The lowest BCUT2D eigenvalue weighted by atomic mass is 10.1. The molecular formula is C11H8S2. The van der Waals surface area contributed by atoms with E-state index >= 15 is 0 Å². The Morgan fingerprint density at radius 2 is 2.00 bits per heavy atom. The van der Waals surface area contributed by atoms with Gasteiger partial charge in [-0.05, 0) is 28.9 Å². The summed E-state index contributed by atoms with van der Waals surface area (Å²) in [5, 5.41) is 4.39. The molecule has 0 nitrogen and oxygen atoms in total. The number of thiophene rings is 1. The summed E-state index contributed by atoms with van der Waals surface area (Å²) in [6.45, 7) is 0. The molecule has 0 atom stereocenters. The number of hydrogen-bond donors (Lipinski definition) is 0. The van der Waals surface area contributed by atoms with Crippen LogP contribution in [0.3, 0.4) is 0 Å². The summed E-state index contributed by atoms with van der Waals surface area (Å²) in [6, 6.07) is 0. The van der Waals surface area contributed by atoms with Crippen molar-refractivity contribution in [1.29, 1.82) is 0 Å². The molecule has 2 aliphatic rings. The molecule has 0 amide bonds. The quantitative estimate of drug-likeness (QED) is 0.625. The lowest BCUT2D eigenvalue weighted by Gasteiger charge is -1.99. The van der Waals surface area contributed by atoms with Gasteiger partial charge in [-0.25, -0.2) is 0 Å².